The van der Waals surface area contributed by atoms with Crippen LogP contribution in [0, 0.1) is 0 Å². The summed E-state index contributed by atoms with van der Waals surface area (Å²) >= 11 is 6.48. The molecular formula is C29H23ClN6O5S. The van der Waals surface area contributed by atoms with Crippen molar-refractivity contribution in [3.63, 3.8) is 0 Å². The van der Waals surface area contributed by atoms with Crippen LogP contribution in [0.1, 0.15) is 11.1 Å². The molecule has 11 nitrogen and oxygen atoms in total. The Morgan fingerprint density at radius 2 is 1.71 bits per heavy atom. The van der Waals surface area contributed by atoms with Gasteiger partial charge in [0.25, 0.3) is 0 Å². The second-order valence-electron chi connectivity index (χ2n) is 9.24. The Labute approximate surface area is 245 Å². The number of aliphatic hydroxyl groups excluding tert-OH is 1. The Morgan fingerprint density at radius 1 is 0.881 bits per heavy atom. The summed E-state index contributed by atoms with van der Waals surface area (Å²) in [6.07, 6.45) is 7.38. The van der Waals surface area contributed by atoms with Crippen LogP contribution in [0.3, 0.4) is 0 Å². The number of ether oxygens (including phenoxy) is 2. The lowest BCUT2D eigenvalue weighted by Crippen LogP contribution is -2.14. The Hall–Kier alpha value is -4.65. The van der Waals surface area contributed by atoms with Gasteiger partial charge in [-0.2, -0.15) is 0 Å². The molecule has 6 rings (SSSR count). The van der Waals surface area contributed by atoms with E-state index in [1.54, 1.807) is 54.9 Å². The summed E-state index contributed by atoms with van der Waals surface area (Å²) in [4.78, 5) is 21.4. The number of fused-ring (bicyclic) bond motifs is 2. The van der Waals surface area contributed by atoms with E-state index >= 15 is 0 Å². The van der Waals surface area contributed by atoms with Crippen molar-refractivity contribution in [3.8, 4) is 22.8 Å². The number of nitrogens with zero attached hydrogens (tertiary/aromatic N) is 6. The molecule has 0 unspecified atom stereocenters. The van der Waals surface area contributed by atoms with Gasteiger partial charge in [-0.1, -0.05) is 48.0 Å². The number of benzene rings is 2. The van der Waals surface area contributed by atoms with Crippen LogP contribution in [-0.4, -0.2) is 55.6 Å². The zero-order valence-electron chi connectivity index (χ0n) is 22.0. The minimum Gasteiger partial charge on any atom is -0.488 e. The molecule has 0 bridgehead atoms. The summed E-state index contributed by atoms with van der Waals surface area (Å²) in [5.74, 6) is 0.599. The quantitative estimate of drug-likeness (QED) is 0.177. The lowest BCUT2D eigenvalue weighted by Gasteiger charge is -2.09. The first-order chi connectivity index (χ1) is 20.4. The maximum atomic E-state index is 13.5. The lowest BCUT2D eigenvalue weighted by atomic mass is 10.1. The molecule has 0 amide bonds. The van der Waals surface area contributed by atoms with E-state index in [1.807, 2.05) is 12.1 Å². The van der Waals surface area contributed by atoms with Crippen molar-refractivity contribution in [3.05, 3.63) is 102 Å². The summed E-state index contributed by atoms with van der Waals surface area (Å²) in [5, 5.41) is 9.78. The zero-order chi connectivity index (χ0) is 29.1. The molecule has 1 N–H and O–H groups in total. The Kier molecular flexibility index (Phi) is 7.66. The van der Waals surface area contributed by atoms with E-state index in [2.05, 4.69) is 24.9 Å². The van der Waals surface area contributed by atoms with Gasteiger partial charge in [0.15, 0.2) is 5.65 Å². The fraction of sp³-hybridized carbons (Fsp3) is 0.138. The molecule has 0 aliphatic carbocycles. The molecule has 0 aliphatic rings. The standard InChI is InChI=1S/C29H23ClN6O5S/c30-28-27-23(15-36(29(27)34-18-33-28)42(38,39)17-19-4-2-1-3-5-19)21-6-7-24-25(11-21)35-26(14-32-24)41-9-8-40-22-10-20(16-37)12-31-13-22/h1-7,10-15,18,37H,8-9,16-17H2. The highest BCUT2D eigenvalue weighted by Crippen LogP contribution is 2.35. The number of hydrogen-bond donors (Lipinski definition) is 1. The minimum atomic E-state index is -3.84. The molecule has 212 valence electrons. The van der Waals surface area contributed by atoms with Gasteiger partial charge in [-0.15, -0.1) is 0 Å². The number of aromatic nitrogens is 6. The van der Waals surface area contributed by atoms with Crippen LogP contribution in [0.2, 0.25) is 5.15 Å². The molecule has 4 heterocycles. The summed E-state index contributed by atoms with van der Waals surface area (Å²) in [5.41, 5.74) is 3.83. The van der Waals surface area contributed by atoms with E-state index in [9.17, 15) is 13.5 Å². The van der Waals surface area contributed by atoms with E-state index < -0.39 is 10.0 Å². The van der Waals surface area contributed by atoms with Gasteiger partial charge in [-0.05, 0) is 34.9 Å². The van der Waals surface area contributed by atoms with Crippen LogP contribution in [0.4, 0.5) is 0 Å². The van der Waals surface area contributed by atoms with Crippen LogP contribution in [0.15, 0.2) is 85.7 Å². The van der Waals surface area contributed by atoms with Gasteiger partial charge < -0.3 is 14.6 Å². The summed E-state index contributed by atoms with van der Waals surface area (Å²) in [6.45, 7) is 0.299. The third kappa shape index (κ3) is 5.73. The van der Waals surface area contributed by atoms with Crippen molar-refractivity contribution < 1.29 is 23.0 Å². The third-order valence-corrected chi connectivity index (χ3v) is 8.24. The van der Waals surface area contributed by atoms with Crippen molar-refractivity contribution in [1.29, 1.82) is 0 Å². The molecule has 0 saturated carbocycles. The molecule has 0 atom stereocenters. The monoisotopic (exact) mass is 602 g/mol. The van der Waals surface area contributed by atoms with Gasteiger partial charge in [0.05, 0.1) is 41.2 Å². The molecule has 4 aromatic heterocycles. The molecule has 2 aromatic carbocycles. The predicted molar refractivity (Wildman–Crippen MR) is 157 cm³/mol. The highest BCUT2D eigenvalue weighted by molar-refractivity contribution is 7.89. The minimum absolute atomic E-state index is 0.126. The highest BCUT2D eigenvalue weighted by Gasteiger charge is 2.23. The number of pyridine rings is 1. The van der Waals surface area contributed by atoms with Crippen LogP contribution < -0.4 is 9.47 Å². The number of hydrogen-bond acceptors (Lipinski definition) is 10. The first-order valence-electron chi connectivity index (χ1n) is 12.8. The summed E-state index contributed by atoms with van der Waals surface area (Å²) in [7, 11) is -3.84. The Balaban J connectivity index is 1.28. The smallest absolute Gasteiger partial charge is 0.244 e. The van der Waals surface area contributed by atoms with Gasteiger partial charge in [0.2, 0.25) is 15.9 Å². The summed E-state index contributed by atoms with van der Waals surface area (Å²) < 4.78 is 39.5. The molecule has 0 spiro atoms. The second kappa shape index (κ2) is 11.7. The molecule has 42 heavy (non-hydrogen) atoms. The Bertz CT molecular complexity index is 2000. The van der Waals surface area contributed by atoms with Gasteiger partial charge >= 0.3 is 0 Å². The van der Waals surface area contributed by atoms with E-state index in [4.69, 9.17) is 21.1 Å². The third-order valence-electron chi connectivity index (χ3n) is 6.38. The van der Waals surface area contributed by atoms with E-state index in [-0.39, 0.29) is 36.4 Å². The highest BCUT2D eigenvalue weighted by atomic mass is 35.5. The molecular weight excluding hydrogens is 580 g/mol. The van der Waals surface area contributed by atoms with Gasteiger partial charge in [0, 0.05) is 18.0 Å². The molecule has 0 saturated heterocycles. The van der Waals surface area contributed by atoms with Gasteiger partial charge in [-0.25, -0.2) is 32.3 Å². The molecule has 0 radical (unpaired) electrons. The first kappa shape index (κ1) is 27.5. The number of halogens is 1. The van der Waals surface area contributed by atoms with Crippen molar-refractivity contribution in [2.24, 2.45) is 0 Å². The normalized spacial score (nSPS) is 11.7. The SMILES string of the molecule is O=S(=O)(Cc1ccccc1)n1cc(-c2ccc3ncc(OCCOc4cncc(CO)c4)nc3c2)c2c(Cl)ncnc21. The van der Waals surface area contributed by atoms with E-state index in [0.29, 0.717) is 50.3 Å². The number of rotatable bonds is 10. The molecule has 0 fully saturated rings. The molecule has 0 aliphatic heterocycles. The van der Waals surface area contributed by atoms with E-state index in [1.165, 1.54) is 18.7 Å². The first-order valence-corrected chi connectivity index (χ1v) is 14.8. The predicted octanol–water partition coefficient (Wildman–Crippen LogP) is 4.42. The largest absolute Gasteiger partial charge is 0.488 e. The van der Waals surface area contributed by atoms with Crippen molar-refractivity contribution >= 4 is 43.7 Å². The average molecular weight is 603 g/mol. The topological polar surface area (TPSA) is 142 Å². The van der Waals surface area contributed by atoms with Gasteiger partial charge in [0.1, 0.15) is 30.4 Å². The van der Waals surface area contributed by atoms with Crippen molar-refractivity contribution in [1.82, 2.24) is 28.9 Å². The average Bonchev–Trinajstić information content (AvgIpc) is 3.42. The fourth-order valence-corrected chi connectivity index (χ4v) is 6.10. The maximum Gasteiger partial charge on any atom is 0.244 e. The Morgan fingerprint density at radius 3 is 2.55 bits per heavy atom. The van der Waals surface area contributed by atoms with Crippen molar-refractivity contribution in [2.75, 3.05) is 13.2 Å². The van der Waals surface area contributed by atoms with Gasteiger partial charge in [-0.3, -0.25) is 4.98 Å². The van der Waals surface area contributed by atoms with Crippen LogP contribution >= 0.6 is 11.6 Å². The van der Waals surface area contributed by atoms with Crippen LogP contribution in [0.25, 0.3) is 33.2 Å². The fourth-order valence-electron chi connectivity index (χ4n) is 4.45. The maximum absolute atomic E-state index is 13.5. The number of aliphatic hydroxyl groups is 1. The van der Waals surface area contributed by atoms with Crippen LogP contribution in [0.5, 0.6) is 11.6 Å². The molecule has 13 heteroatoms. The second-order valence-corrected chi connectivity index (χ2v) is 11.4. The van der Waals surface area contributed by atoms with E-state index in [0.717, 1.165) is 3.97 Å². The lowest BCUT2D eigenvalue weighted by molar-refractivity contribution is 0.211. The zero-order valence-corrected chi connectivity index (χ0v) is 23.5. The van der Waals surface area contributed by atoms with Crippen molar-refractivity contribution in [2.45, 2.75) is 12.4 Å². The molecule has 6 aromatic rings. The van der Waals surface area contributed by atoms with Crippen LogP contribution in [-0.2, 0) is 22.4 Å². The summed E-state index contributed by atoms with van der Waals surface area (Å²) in [6, 6.07) is 16.0.